The Labute approximate surface area is 160 Å². The van der Waals surface area contributed by atoms with Crippen molar-refractivity contribution in [3.8, 4) is 5.75 Å². The Morgan fingerprint density at radius 2 is 1.78 bits per heavy atom. The minimum absolute atomic E-state index is 0.157. The number of sulfonamides is 1. The zero-order valence-electron chi connectivity index (χ0n) is 15.9. The molecule has 144 valence electrons. The summed E-state index contributed by atoms with van der Waals surface area (Å²) in [4.78, 5) is 12.7. The van der Waals surface area contributed by atoms with Gasteiger partial charge >= 0.3 is 0 Å². The number of hydrogen-bond donors (Lipinski definition) is 1. The van der Waals surface area contributed by atoms with Crippen LogP contribution >= 0.6 is 0 Å². The Bertz CT molecular complexity index is 952. The fourth-order valence-electron chi connectivity index (χ4n) is 3.19. The fourth-order valence-corrected chi connectivity index (χ4v) is 3.69. The van der Waals surface area contributed by atoms with E-state index in [4.69, 9.17) is 4.74 Å². The van der Waals surface area contributed by atoms with E-state index in [1.54, 1.807) is 24.3 Å². The molecular weight excluding hydrogens is 364 g/mol. The lowest BCUT2D eigenvalue weighted by atomic mass is 9.89. The van der Waals surface area contributed by atoms with E-state index in [0.717, 1.165) is 17.6 Å². The van der Waals surface area contributed by atoms with Gasteiger partial charge in [-0.1, -0.05) is 18.2 Å². The van der Waals surface area contributed by atoms with Crippen LogP contribution in [0.2, 0.25) is 0 Å². The van der Waals surface area contributed by atoms with Gasteiger partial charge in [0.15, 0.2) is 0 Å². The van der Waals surface area contributed by atoms with Crippen molar-refractivity contribution < 1.29 is 17.9 Å². The van der Waals surface area contributed by atoms with Gasteiger partial charge in [-0.25, -0.2) is 8.42 Å². The zero-order valence-corrected chi connectivity index (χ0v) is 16.7. The Morgan fingerprint density at radius 1 is 1.15 bits per heavy atom. The first-order valence-electron chi connectivity index (χ1n) is 8.70. The van der Waals surface area contributed by atoms with Gasteiger partial charge in [-0.2, -0.15) is 0 Å². The van der Waals surface area contributed by atoms with E-state index in [1.165, 1.54) is 11.4 Å². The van der Waals surface area contributed by atoms with Crippen molar-refractivity contribution in [3.63, 3.8) is 0 Å². The maximum absolute atomic E-state index is 12.7. The monoisotopic (exact) mass is 388 g/mol. The standard InChI is InChI=1S/C20H24N2O4S/c1-20(2)13-17(16-7-5-6-8-18(16)26-20)21-19(23)14-9-11-15(12-10-14)22(3)27(4,24)25/h5-12,17H,13H2,1-4H3,(H,21,23)/t17-/m0/s1. The molecule has 0 fully saturated rings. The number of nitrogens with zero attached hydrogens (tertiary/aromatic N) is 1. The second-order valence-electron chi connectivity index (χ2n) is 7.41. The van der Waals surface area contributed by atoms with Crippen LogP contribution in [0.5, 0.6) is 5.75 Å². The van der Waals surface area contributed by atoms with Gasteiger partial charge < -0.3 is 10.1 Å². The van der Waals surface area contributed by atoms with Gasteiger partial charge in [0, 0.05) is 24.6 Å². The molecule has 0 saturated heterocycles. The minimum atomic E-state index is -3.34. The minimum Gasteiger partial charge on any atom is -0.487 e. The maximum Gasteiger partial charge on any atom is 0.251 e. The van der Waals surface area contributed by atoms with Crippen LogP contribution in [0.1, 0.15) is 42.2 Å². The Hall–Kier alpha value is -2.54. The highest BCUT2D eigenvalue weighted by atomic mass is 32.2. The molecule has 27 heavy (non-hydrogen) atoms. The van der Waals surface area contributed by atoms with Crippen LogP contribution in [0.4, 0.5) is 5.69 Å². The van der Waals surface area contributed by atoms with Crippen molar-refractivity contribution in [1.82, 2.24) is 5.32 Å². The Morgan fingerprint density at radius 3 is 2.41 bits per heavy atom. The molecule has 7 heteroatoms. The van der Waals surface area contributed by atoms with Crippen LogP contribution in [-0.4, -0.2) is 33.2 Å². The maximum atomic E-state index is 12.7. The SMILES string of the molecule is CN(c1ccc(C(=O)N[C@H]2CC(C)(C)Oc3ccccc32)cc1)S(C)(=O)=O. The summed E-state index contributed by atoms with van der Waals surface area (Å²) in [6, 6.07) is 14.0. The van der Waals surface area contributed by atoms with Crippen LogP contribution in [-0.2, 0) is 10.0 Å². The van der Waals surface area contributed by atoms with E-state index in [1.807, 2.05) is 38.1 Å². The molecule has 1 N–H and O–H groups in total. The molecular formula is C20H24N2O4S. The van der Waals surface area contributed by atoms with Gasteiger partial charge in [0.25, 0.3) is 5.91 Å². The second kappa shape index (κ2) is 6.88. The third kappa shape index (κ3) is 4.24. The first-order valence-corrected chi connectivity index (χ1v) is 10.5. The summed E-state index contributed by atoms with van der Waals surface area (Å²) in [5, 5.41) is 3.08. The average molecular weight is 388 g/mol. The molecule has 0 aromatic heterocycles. The topological polar surface area (TPSA) is 75.7 Å². The number of nitrogens with one attached hydrogen (secondary N) is 1. The molecule has 2 aromatic carbocycles. The second-order valence-corrected chi connectivity index (χ2v) is 9.42. The van der Waals surface area contributed by atoms with Crippen molar-refractivity contribution in [2.45, 2.75) is 31.9 Å². The summed E-state index contributed by atoms with van der Waals surface area (Å²) >= 11 is 0. The number of anilines is 1. The summed E-state index contributed by atoms with van der Waals surface area (Å²) in [5.41, 5.74) is 1.56. The highest BCUT2D eigenvalue weighted by Gasteiger charge is 2.34. The molecule has 3 rings (SSSR count). The quantitative estimate of drug-likeness (QED) is 0.873. The summed E-state index contributed by atoms with van der Waals surface area (Å²) in [7, 11) is -1.86. The number of benzene rings is 2. The van der Waals surface area contributed by atoms with E-state index >= 15 is 0 Å². The summed E-state index contributed by atoms with van der Waals surface area (Å²) in [5.74, 6) is 0.574. The summed E-state index contributed by atoms with van der Waals surface area (Å²) in [6.45, 7) is 4.00. The van der Waals surface area contributed by atoms with Crippen LogP contribution in [0.3, 0.4) is 0 Å². The smallest absolute Gasteiger partial charge is 0.251 e. The van der Waals surface area contributed by atoms with E-state index in [-0.39, 0.29) is 17.6 Å². The van der Waals surface area contributed by atoms with E-state index in [0.29, 0.717) is 17.7 Å². The number of rotatable bonds is 4. The summed E-state index contributed by atoms with van der Waals surface area (Å²) in [6.07, 6.45) is 1.79. The number of carbonyl (C=O) groups excluding carboxylic acids is 1. The van der Waals surface area contributed by atoms with E-state index < -0.39 is 10.0 Å². The van der Waals surface area contributed by atoms with Gasteiger partial charge in [0.1, 0.15) is 11.4 Å². The van der Waals surface area contributed by atoms with E-state index in [2.05, 4.69) is 5.32 Å². The lowest BCUT2D eigenvalue weighted by molar-refractivity contribution is 0.0619. The molecule has 0 saturated carbocycles. The molecule has 1 aliphatic rings. The average Bonchev–Trinajstić information content (AvgIpc) is 2.59. The van der Waals surface area contributed by atoms with Crippen molar-refractivity contribution in [2.75, 3.05) is 17.6 Å². The lowest BCUT2D eigenvalue weighted by Gasteiger charge is -2.37. The van der Waals surface area contributed by atoms with Crippen LogP contribution in [0, 0.1) is 0 Å². The van der Waals surface area contributed by atoms with Crippen LogP contribution in [0.25, 0.3) is 0 Å². The molecule has 0 radical (unpaired) electrons. The normalized spacial score (nSPS) is 18.1. The molecule has 1 aliphatic heterocycles. The Kier molecular flexibility index (Phi) is 4.90. The first-order chi connectivity index (χ1) is 12.6. The van der Waals surface area contributed by atoms with Crippen LogP contribution in [0.15, 0.2) is 48.5 Å². The predicted octanol–water partition coefficient (Wildman–Crippen LogP) is 3.11. The summed E-state index contributed by atoms with van der Waals surface area (Å²) < 4.78 is 30.4. The molecule has 1 amide bonds. The lowest BCUT2D eigenvalue weighted by Crippen LogP contribution is -2.41. The van der Waals surface area contributed by atoms with Crippen molar-refractivity contribution in [1.29, 1.82) is 0 Å². The fraction of sp³-hybridized carbons (Fsp3) is 0.350. The number of para-hydroxylation sites is 1. The molecule has 6 nitrogen and oxygen atoms in total. The number of ether oxygens (including phenoxy) is 1. The van der Waals surface area contributed by atoms with E-state index in [9.17, 15) is 13.2 Å². The van der Waals surface area contributed by atoms with Gasteiger partial charge in [-0.3, -0.25) is 9.10 Å². The molecule has 1 heterocycles. The number of hydrogen-bond acceptors (Lipinski definition) is 4. The van der Waals surface area contributed by atoms with Gasteiger partial charge in [0.05, 0.1) is 18.0 Å². The molecule has 2 aromatic rings. The largest absolute Gasteiger partial charge is 0.487 e. The molecule has 0 bridgehead atoms. The Balaban J connectivity index is 1.80. The zero-order chi connectivity index (χ0) is 19.8. The van der Waals surface area contributed by atoms with Gasteiger partial charge in [-0.05, 0) is 44.2 Å². The molecule has 0 aliphatic carbocycles. The number of amides is 1. The third-order valence-corrected chi connectivity index (χ3v) is 5.88. The number of carbonyl (C=O) groups is 1. The molecule has 1 atom stereocenters. The number of fused-ring (bicyclic) bond motifs is 1. The van der Waals surface area contributed by atoms with Gasteiger partial charge in [-0.15, -0.1) is 0 Å². The van der Waals surface area contributed by atoms with Crippen molar-refractivity contribution in [2.24, 2.45) is 0 Å². The highest BCUT2D eigenvalue weighted by Crippen LogP contribution is 2.39. The predicted molar refractivity (Wildman–Crippen MR) is 106 cm³/mol. The van der Waals surface area contributed by atoms with Crippen molar-refractivity contribution >= 4 is 21.6 Å². The van der Waals surface area contributed by atoms with Gasteiger partial charge in [0.2, 0.25) is 10.0 Å². The molecule has 0 unspecified atom stereocenters. The molecule has 0 spiro atoms. The highest BCUT2D eigenvalue weighted by molar-refractivity contribution is 7.92. The van der Waals surface area contributed by atoms with Crippen molar-refractivity contribution in [3.05, 3.63) is 59.7 Å². The van der Waals surface area contributed by atoms with Crippen LogP contribution < -0.4 is 14.4 Å². The third-order valence-electron chi connectivity index (χ3n) is 4.67. The first kappa shape index (κ1) is 19.2.